The van der Waals surface area contributed by atoms with E-state index in [1.807, 2.05) is 13.8 Å². The SMILES string of the molecule is CCOCC(C)NC(C)C(C)(C)O. The maximum absolute atomic E-state index is 9.66. The summed E-state index contributed by atoms with van der Waals surface area (Å²) in [5.41, 5.74) is -0.680. The van der Waals surface area contributed by atoms with Crippen LogP contribution in [0, 0.1) is 0 Å². The summed E-state index contributed by atoms with van der Waals surface area (Å²) in [7, 11) is 0. The molecule has 0 aromatic carbocycles. The Hall–Kier alpha value is -0.120. The van der Waals surface area contributed by atoms with E-state index in [1.54, 1.807) is 13.8 Å². The van der Waals surface area contributed by atoms with Crippen molar-refractivity contribution in [2.24, 2.45) is 0 Å². The van der Waals surface area contributed by atoms with Crippen LogP contribution < -0.4 is 5.32 Å². The molecule has 0 aliphatic rings. The van der Waals surface area contributed by atoms with Crippen LogP contribution in [0.4, 0.5) is 0 Å². The molecule has 0 bridgehead atoms. The highest BCUT2D eigenvalue weighted by Crippen LogP contribution is 2.08. The smallest absolute Gasteiger partial charge is 0.0741 e. The van der Waals surface area contributed by atoms with Gasteiger partial charge in [-0.15, -0.1) is 0 Å². The fourth-order valence-corrected chi connectivity index (χ4v) is 0.973. The lowest BCUT2D eigenvalue weighted by Gasteiger charge is -2.29. The molecule has 0 spiro atoms. The lowest BCUT2D eigenvalue weighted by Crippen LogP contribution is -2.49. The summed E-state index contributed by atoms with van der Waals surface area (Å²) in [6.07, 6.45) is 0. The molecule has 0 amide bonds. The zero-order valence-electron chi connectivity index (χ0n) is 9.42. The molecule has 3 nitrogen and oxygen atoms in total. The lowest BCUT2D eigenvalue weighted by molar-refractivity contribution is 0.0328. The average molecular weight is 189 g/mol. The van der Waals surface area contributed by atoms with E-state index in [-0.39, 0.29) is 12.1 Å². The Balaban J connectivity index is 3.71. The average Bonchev–Trinajstić information content (AvgIpc) is 1.99. The van der Waals surface area contributed by atoms with E-state index in [1.165, 1.54) is 0 Å². The molecule has 0 rings (SSSR count). The quantitative estimate of drug-likeness (QED) is 0.659. The van der Waals surface area contributed by atoms with Crippen LogP contribution in [-0.4, -0.2) is 36.0 Å². The van der Waals surface area contributed by atoms with Crippen molar-refractivity contribution >= 4 is 0 Å². The van der Waals surface area contributed by atoms with Gasteiger partial charge < -0.3 is 15.2 Å². The summed E-state index contributed by atoms with van der Waals surface area (Å²) in [5.74, 6) is 0. The van der Waals surface area contributed by atoms with E-state index in [9.17, 15) is 5.11 Å². The van der Waals surface area contributed by atoms with Crippen LogP contribution in [0.25, 0.3) is 0 Å². The predicted molar refractivity (Wildman–Crippen MR) is 54.9 cm³/mol. The molecule has 0 heterocycles. The van der Waals surface area contributed by atoms with Gasteiger partial charge in [-0.25, -0.2) is 0 Å². The molecule has 0 radical (unpaired) electrons. The molecular weight excluding hydrogens is 166 g/mol. The molecule has 2 unspecified atom stereocenters. The summed E-state index contributed by atoms with van der Waals surface area (Å²) >= 11 is 0. The van der Waals surface area contributed by atoms with Crippen molar-refractivity contribution in [2.45, 2.75) is 52.3 Å². The molecule has 0 saturated carbocycles. The second kappa shape index (κ2) is 5.58. The topological polar surface area (TPSA) is 41.5 Å². The van der Waals surface area contributed by atoms with Crippen molar-refractivity contribution in [3.05, 3.63) is 0 Å². The Morgan fingerprint density at radius 1 is 1.38 bits per heavy atom. The first kappa shape index (κ1) is 12.9. The number of hydrogen-bond donors (Lipinski definition) is 2. The van der Waals surface area contributed by atoms with Crippen molar-refractivity contribution in [2.75, 3.05) is 13.2 Å². The highest BCUT2D eigenvalue weighted by atomic mass is 16.5. The molecule has 3 heteroatoms. The van der Waals surface area contributed by atoms with Crippen molar-refractivity contribution < 1.29 is 9.84 Å². The molecule has 0 aliphatic heterocycles. The summed E-state index contributed by atoms with van der Waals surface area (Å²) in [4.78, 5) is 0. The molecule has 0 fully saturated rings. The van der Waals surface area contributed by atoms with Crippen LogP contribution in [0.1, 0.15) is 34.6 Å². The van der Waals surface area contributed by atoms with Gasteiger partial charge in [0.1, 0.15) is 0 Å². The van der Waals surface area contributed by atoms with Crippen LogP contribution in [-0.2, 0) is 4.74 Å². The van der Waals surface area contributed by atoms with E-state index in [0.717, 1.165) is 6.61 Å². The normalized spacial score (nSPS) is 17.1. The molecule has 0 aromatic heterocycles. The summed E-state index contributed by atoms with van der Waals surface area (Å²) in [6, 6.07) is 0.351. The van der Waals surface area contributed by atoms with Gasteiger partial charge in [0.05, 0.1) is 12.2 Å². The molecule has 80 valence electrons. The van der Waals surface area contributed by atoms with Crippen molar-refractivity contribution in [3.63, 3.8) is 0 Å². The summed E-state index contributed by atoms with van der Waals surface area (Å²) in [6.45, 7) is 11.0. The van der Waals surface area contributed by atoms with E-state index < -0.39 is 5.60 Å². The van der Waals surface area contributed by atoms with Gasteiger partial charge in [-0.1, -0.05) is 0 Å². The fourth-order valence-electron chi connectivity index (χ4n) is 0.973. The van der Waals surface area contributed by atoms with Crippen molar-refractivity contribution in [1.82, 2.24) is 5.32 Å². The van der Waals surface area contributed by atoms with Crippen molar-refractivity contribution in [3.8, 4) is 0 Å². The molecule has 2 atom stereocenters. The Labute approximate surface area is 81.5 Å². The zero-order valence-corrected chi connectivity index (χ0v) is 9.42. The standard InChI is InChI=1S/C10H23NO2/c1-6-13-7-8(2)11-9(3)10(4,5)12/h8-9,11-12H,6-7H2,1-5H3. The second-order valence-corrected chi connectivity index (χ2v) is 4.10. The highest BCUT2D eigenvalue weighted by Gasteiger charge is 2.23. The van der Waals surface area contributed by atoms with E-state index in [0.29, 0.717) is 6.61 Å². The predicted octanol–water partition coefficient (Wildman–Crippen LogP) is 1.16. The van der Waals surface area contributed by atoms with Crippen LogP contribution in [0.5, 0.6) is 0 Å². The number of ether oxygens (including phenoxy) is 1. The van der Waals surface area contributed by atoms with E-state index >= 15 is 0 Å². The first-order valence-electron chi connectivity index (χ1n) is 4.94. The van der Waals surface area contributed by atoms with Gasteiger partial charge in [0, 0.05) is 18.7 Å². The molecule has 0 saturated heterocycles. The van der Waals surface area contributed by atoms with Gasteiger partial charge in [0.15, 0.2) is 0 Å². The van der Waals surface area contributed by atoms with Crippen LogP contribution in [0.3, 0.4) is 0 Å². The van der Waals surface area contributed by atoms with Crippen LogP contribution in [0.2, 0.25) is 0 Å². The van der Waals surface area contributed by atoms with Crippen LogP contribution in [0.15, 0.2) is 0 Å². The molecular formula is C10H23NO2. The van der Waals surface area contributed by atoms with Gasteiger partial charge >= 0.3 is 0 Å². The number of hydrogen-bond acceptors (Lipinski definition) is 3. The molecule has 0 aromatic rings. The van der Waals surface area contributed by atoms with Gasteiger partial charge in [0.25, 0.3) is 0 Å². The highest BCUT2D eigenvalue weighted by molar-refractivity contribution is 4.81. The van der Waals surface area contributed by atoms with Gasteiger partial charge in [-0.3, -0.25) is 0 Å². The number of nitrogens with one attached hydrogen (secondary N) is 1. The van der Waals surface area contributed by atoms with Crippen molar-refractivity contribution in [1.29, 1.82) is 0 Å². The summed E-state index contributed by atoms with van der Waals surface area (Å²) in [5, 5.41) is 12.9. The largest absolute Gasteiger partial charge is 0.389 e. The third-order valence-electron chi connectivity index (χ3n) is 2.17. The molecule has 0 aliphatic carbocycles. The minimum absolute atomic E-state index is 0.0722. The first-order chi connectivity index (χ1) is 5.88. The van der Waals surface area contributed by atoms with Gasteiger partial charge in [-0.2, -0.15) is 0 Å². The van der Waals surface area contributed by atoms with Gasteiger partial charge in [0.2, 0.25) is 0 Å². The minimum atomic E-state index is -0.680. The maximum atomic E-state index is 9.66. The Kier molecular flexibility index (Phi) is 5.53. The lowest BCUT2D eigenvalue weighted by atomic mass is 10.0. The van der Waals surface area contributed by atoms with E-state index in [4.69, 9.17) is 4.74 Å². The maximum Gasteiger partial charge on any atom is 0.0741 e. The van der Waals surface area contributed by atoms with E-state index in [2.05, 4.69) is 12.2 Å². The number of rotatable bonds is 6. The fraction of sp³-hybridized carbons (Fsp3) is 1.00. The van der Waals surface area contributed by atoms with Crippen LogP contribution >= 0.6 is 0 Å². The monoisotopic (exact) mass is 189 g/mol. The zero-order chi connectivity index (χ0) is 10.5. The minimum Gasteiger partial charge on any atom is -0.389 e. The third-order valence-corrected chi connectivity index (χ3v) is 2.17. The Bertz CT molecular complexity index is 131. The molecule has 13 heavy (non-hydrogen) atoms. The third kappa shape index (κ3) is 6.02. The number of aliphatic hydroxyl groups is 1. The van der Waals surface area contributed by atoms with Gasteiger partial charge in [-0.05, 0) is 34.6 Å². The Morgan fingerprint density at radius 3 is 2.31 bits per heavy atom. The first-order valence-corrected chi connectivity index (χ1v) is 4.94. The Morgan fingerprint density at radius 2 is 1.92 bits per heavy atom. The second-order valence-electron chi connectivity index (χ2n) is 4.10. The molecule has 2 N–H and O–H groups in total. The summed E-state index contributed by atoms with van der Waals surface area (Å²) < 4.78 is 5.26.